The van der Waals surface area contributed by atoms with Crippen molar-refractivity contribution in [1.29, 1.82) is 0 Å². The highest BCUT2D eigenvalue weighted by Crippen LogP contribution is 2.33. The molecule has 2 aliphatic rings. The number of amides is 2. The van der Waals surface area contributed by atoms with Gasteiger partial charge in [-0.15, -0.1) is 11.8 Å². The minimum absolute atomic E-state index is 0.0568. The fourth-order valence-corrected chi connectivity index (χ4v) is 3.82. The molecule has 0 aromatic heterocycles. The van der Waals surface area contributed by atoms with Crippen molar-refractivity contribution < 1.29 is 23.5 Å². The third-order valence-electron chi connectivity index (χ3n) is 4.08. The van der Waals surface area contributed by atoms with Crippen molar-refractivity contribution in [1.82, 2.24) is 9.80 Å². The van der Waals surface area contributed by atoms with Crippen LogP contribution >= 0.6 is 11.8 Å². The third kappa shape index (κ3) is 3.32. The minimum atomic E-state index is -0.984. The lowest BCUT2D eigenvalue weighted by Gasteiger charge is -2.27. The van der Waals surface area contributed by atoms with E-state index in [1.54, 1.807) is 0 Å². The van der Waals surface area contributed by atoms with Crippen LogP contribution in [0.4, 0.5) is 8.78 Å². The first-order valence-corrected chi connectivity index (χ1v) is 8.39. The van der Waals surface area contributed by atoms with Crippen LogP contribution in [0.15, 0.2) is 18.2 Å². The van der Waals surface area contributed by atoms with Crippen LogP contribution in [-0.2, 0) is 9.59 Å². The number of likely N-dealkylation sites (tertiary alicyclic amines) is 1. The second-order valence-corrected chi connectivity index (χ2v) is 6.65. The van der Waals surface area contributed by atoms with Gasteiger partial charge in [0.25, 0.3) is 0 Å². The Labute approximate surface area is 136 Å². The lowest BCUT2D eigenvalue weighted by atomic mass is 10.0. The number of thioether (sulfide) groups is 1. The van der Waals surface area contributed by atoms with Gasteiger partial charge >= 0.3 is 0 Å². The molecule has 23 heavy (non-hydrogen) atoms. The van der Waals surface area contributed by atoms with Crippen molar-refractivity contribution in [3.63, 3.8) is 0 Å². The molecule has 2 atom stereocenters. The SMILES string of the molecule is O=C1CSCN1CC(=O)N1C[C@H](O)C[C@H]1c1ccc(F)c(F)c1. The topological polar surface area (TPSA) is 60.9 Å². The van der Waals surface area contributed by atoms with E-state index in [1.807, 2.05) is 0 Å². The number of aliphatic hydroxyl groups excluding tert-OH is 1. The number of hydrogen-bond acceptors (Lipinski definition) is 4. The molecule has 2 amide bonds. The van der Waals surface area contributed by atoms with Crippen LogP contribution in [0.3, 0.4) is 0 Å². The molecule has 0 radical (unpaired) electrons. The highest BCUT2D eigenvalue weighted by Gasteiger charge is 2.37. The summed E-state index contributed by atoms with van der Waals surface area (Å²) in [7, 11) is 0. The largest absolute Gasteiger partial charge is 0.391 e. The van der Waals surface area contributed by atoms with Gasteiger partial charge in [0.05, 0.1) is 23.8 Å². The van der Waals surface area contributed by atoms with Crippen molar-refractivity contribution in [3.8, 4) is 0 Å². The number of carbonyl (C=O) groups is 2. The van der Waals surface area contributed by atoms with Crippen LogP contribution in [0.5, 0.6) is 0 Å². The zero-order chi connectivity index (χ0) is 16.6. The second-order valence-electron chi connectivity index (χ2n) is 5.69. The molecule has 124 valence electrons. The predicted molar refractivity (Wildman–Crippen MR) is 80.5 cm³/mol. The number of hydrogen-bond donors (Lipinski definition) is 1. The first-order valence-electron chi connectivity index (χ1n) is 7.23. The Morgan fingerprint density at radius 1 is 1.35 bits per heavy atom. The van der Waals surface area contributed by atoms with E-state index < -0.39 is 23.8 Å². The van der Waals surface area contributed by atoms with Crippen LogP contribution in [0.1, 0.15) is 18.0 Å². The molecule has 1 N–H and O–H groups in total. The number of aliphatic hydroxyl groups is 1. The van der Waals surface area contributed by atoms with E-state index in [9.17, 15) is 23.5 Å². The normalized spacial score (nSPS) is 24.6. The first-order chi connectivity index (χ1) is 11.0. The number of benzene rings is 1. The van der Waals surface area contributed by atoms with Crippen LogP contribution in [0, 0.1) is 11.6 Å². The van der Waals surface area contributed by atoms with Gasteiger partial charge in [0.1, 0.15) is 6.54 Å². The Morgan fingerprint density at radius 2 is 2.13 bits per heavy atom. The Hall–Kier alpha value is -1.67. The van der Waals surface area contributed by atoms with Gasteiger partial charge in [-0.3, -0.25) is 9.59 Å². The molecular weight excluding hydrogens is 326 g/mol. The van der Waals surface area contributed by atoms with Gasteiger partial charge in [-0.2, -0.15) is 0 Å². The Bertz CT molecular complexity index is 643. The van der Waals surface area contributed by atoms with Crippen molar-refractivity contribution in [3.05, 3.63) is 35.4 Å². The lowest BCUT2D eigenvalue weighted by Crippen LogP contribution is -2.41. The van der Waals surface area contributed by atoms with Gasteiger partial charge in [-0.25, -0.2) is 8.78 Å². The zero-order valence-electron chi connectivity index (χ0n) is 12.2. The maximum atomic E-state index is 13.4. The fourth-order valence-electron chi connectivity index (χ4n) is 2.92. The predicted octanol–water partition coefficient (Wildman–Crippen LogP) is 1.13. The summed E-state index contributed by atoms with van der Waals surface area (Å²) in [4.78, 5) is 27.0. The number of rotatable bonds is 3. The molecular formula is C15H16F2N2O3S. The third-order valence-corrected chi connectivity index (χ3v) is 5.02. The zero-order valence-corrected chi connectivity index (χ0v) is 13.1. The molecule has 2 aliphatic heterocycles. The summed E-state index contributed by atoms with van der Waals surface area (Å²) in [6.45, 7) is 0.0659. The summed E-state index contributed by atoms with van der Waals surface area (Å²) in [5, 5.41) is 9.87. The quantitative estimate of drug-likeness (QED) is 0.895. The number of nitrogens with zero attached hydrogens (tertiary/aromatic N) is 2. The molecule has 0 spiro atoms. The van der Waals surface area contributed by atoms with E-state index in [0.717, 1.165) is 12.1 Å². The van der Waals surface area contributed by atoms with E-state index in [4.69, 9.17) is 0 Å². The maximum absolute atomic E-state index is 13.4. The Morgan fingerprint density at radius 3 is 2.78 bits per heavy atom. The van der Waals surface area contributed by atoms with Crippen molar-refractivity contribution >= 4 is 23.6 Å². The molecule has 1 aromatic rings. The van der Waals surface area contributed by atoms with E-state index in [0.29, 0.717) is 17.2 Å². The summed E-state index contributed by atoms with van der Waals surface area (Å²) >= 11 is 1.44. The summed E-state index contributed by atoms with van der Waals surface area (Å²) in [6.07, 6.45) is -0.458. The van der Waals surface area contributed by atoms with Gasteiger partial charge in [-0.1, -0.05) is 6.07 Å². The van der Waals surface area contributed by atoms with Gasteiger partial charge in [0.2, 0.25) is 11.8 Å². The molecule has 0 bridgehead atoms. The Balaban J connectivity index is 1.77. The lowest BCUT2D eigenvalue weighted by molar-refractivity contribution is -0.138. The first kappa shape index (κ1) is 16.2. The van der Waals surface area contributed by atoms with E-state index >= 15 is 0 Å². The van der Waals surface area contributed by atoms with Crippen LogP contribution in [-0.4, -0.2) is 57.5 Å². The molecule has 0 aliphatic carbocycles. The molecule has 0 saturated carbocycles. The Kier molecular flexibility index (Phi) is 4.54. The average molecular weight is 342 g/mol. The van der Waals surface area contributed by atoms with Crippen molar-refractivity contribution in [2.75, 3.05) is 24.7 Å². The van der Waals surface area contributed by atoms with Gasteiger partial charge in [0, 0.05) is 6.54 Å². The van der Waals surface area contributed by atoms with Gasteiger partial charge < -0.3 is 14.9 Å². The number of β-amino-alcohol motifs (C(OH)–C–C–N with tert-alkyl or cyclic N) is 1. The molecule has 3 rings (SSSR count). The summed E-state index contributed by atoms with van der Waals surface area (Å²) in [6, 6.07) is 2.96. The maximum Gasteiger partial charge on any atom is 0.242 e. The summed E-state index contributed by atoms with van der Waals surface area (Å²) in [5.41, 5.74) is 0.441. The summed E-state index contributed by atoms with van der Waals surface area (Å²) < 4.78 is 26.5. The highest BCUT2D eigenvalue weighted by molar-refractivity contribution is 8.00. The molecule has 0 unspecified atom stereocenters. The molecule has 2 fully saturated rings. The molecule has 5 nitrogen and oxygen atoms in total. The van der Waals surface area contributed by atoms with Crippen molar-refractivity contribution in [2.45, 2.75) is 18.6 Å². The molecule has 1 aromatic carbocycles. The second kappa shape index (κ2) is 6.45. The minimum Gasteiger partial charge on any atom is -0.391 e. The van der Waals surface area contributed by atoms with Crippen LogP contribution < -0.4 is 0 Å². The van der Waals surface area contributed by atoms with Crippen LogP contribution in [0.2, 0.25) is 0 Å². The number of halogens is 2. The standard InChI is InChI=1S/C15H16F2N2O3S/c16-11-2-1-9(3-12(11)17)13-4-10(20)5-19(13)14(21)6-18-8-23-7-15(18)22/h1-3,10,13,20H,4-8H2/t10-,13+/m1/s1. The average Bonchev–Trinajstić information content (AvgIpc) is 3.08. The van der Waals surface area contributed by atoms with E-state index in [-0.39, 0.29) is 31.3 Å². The highest BCUT2D eigenvalue weighted by atomic mass is 32.2. The molecule has 2 saturated heterocycles. The molecule has 2 heterocycles. The smallest absolute Gasteiger partial charge is 0.242 e. The van der Waals surface area contributed by atoms with E-state index in [1.165, 1.54) is 27.6 Å². The van der Waals surface area contributed by atoms with Gasteiger partial charge in [-0.05, 0) is 24.1 Å². The monoisotopic (exact) mass is 342 g/mol. The molecule has 8 heteroatoms. The number of carbonyl (C=O) groups excluding carboxylic acids is 2. The van der Waals surface area contributed by atoms with Gasteiger partial charge in [0.15, 0.2) is 11.6 Å². The summed E-state index contributed by atoms with van der Waals surface area (Å²) in [5.74, 6) is -1.49. The van der Waals surface area contributed by atoms with Crippen LogP contribution in [0.25, 0.3) is 0 Å². The van der Waals surface area contributed by atoms with E-state index in [2.05, 4.69) is 0 Å². The van der Waals surface area contributed by atoms with Crippen molar-refractivity contribution in [2.24, 2.45) is 0 Å². The fraction of sp³-hybridized carbons (Fsp3) is 0.467.